The molecule has 0 radical (unpaired) electrons. The van der Waals surface area contributed by atoms with Crippen molar-refractivity contribution in [3.63, 3.8) is 0 Å². The summed E-state index contributed by atoms with van der Waals surface area (Å²) in [6.45, 7) is 2.28. The van der Waals surface area contributed by atoms with Crippen molar-refractivity contribution in [2.75, 3.05) is 6.61 Å². The lowest BCUT2D eigenvalue weighted by Gasteiger charge is -2.27. The monoisotopic (exact) mass is 281 g/mol. The highest BCUT2D eigenvalue weighted by Gasteiger charge is 2.22. The van der Waals surface area contributed by atoms with Gasteiger partial charge in [0.1, 0.15) is 5.78 Å². The van der Waals surface area contributed by atoms with E-state index in [1.165, 1.54) is 12.8 Å². The maximum Gasteiger partial charge on any atom is 0.138 e. The highest BCUT2D eigenvalue weighted by atomic mass is 32.1. The number of aliphatic hydroxyl groups is 1. The minimum atomic E-state index is 0.305. The summed E-state index contributed by atoms with van der Waals surface area (Å²) < 4.78 is 0. The van der Waals surface area contributed by atoms with Gasteiger partial charge in [0.05, 0.1) is 5.01 Å². The maximum atomic E-state index is 12.0. The van der Waals surface area contributed by atoms with Gasteiger partial charge in [0.15, 0.2) is 0 Å². The predicted octanol–water partition coefficient (Wildman–Crippen LogP) is 3.14. The summed E-state index contributed by atoms with van der Waals surface area (Å²) >= 11 is 1.63. The first-order chi connectivity index (χ1) is 9.17. The lowest BCUT2D eigenvalue weighted by atomic mass is 9.78. The topological polar surface area (TPSA) is 50.2 Å². The van der Waals surface area contributed by atoms with Gasteiger partial charge in [-0.3, -0.25) is 4.79 Å². The lowest BCUT2D eigenvalue weighted by molar-refractivity contribution is -0.119. The molecule has 0 atom stereocenters. The van der Waals surface area contributed by atoms with Gasteiger partial charge in [-0.2, -0.15) is 0 Å². The lowest BCUT2D eigenvalue weighted by Crippen LogP contribution is -2.18. The van der Waals surface area contributed by atoms with E-state index < -0.39 is 0 Å². The van der Waals surface area contributed by atoms with Crippen LogP contribution in [0, 0.1) is 18.8 Å². The zero-order valence-corrected chi connectivity index (χ0v) is 12.4. The van der Waals surface area contributed by atoms with Crippen LogP contribution < -0.4 is 0 Å². The van der Waals surface area contributed by atoms with Crippen molar-refractivity contribution >= 4 is 17.1 Å². The molecule has 1 aliphatic rings. The Morgan fingerprint density at radius 1 is 1.37 bits per heavy atom. The standard InChI is InChI=1S/C15H23NO2S/c1-11-16-10-15(19-11)9-14(18)8-13-4-2-12(3-5-13)6-7-17/h10,12-13,17H,2-9H2,1H3. The fraction of sp³-hybridized carbons (Fsp3) is 0.733. The smallest absolute Gasteiger partial charge is 0.138 e. The van der Waals surface area contributed by atoms with Gasteiger partial charge in [0.2, 0.25) is 0 Å². The van der Waals surface area contributed by atoms with E-state index >= 15 is 0 Å². The number of aromatic nitrogens is 1. The molecule has 1 aromatic heterocycles. The van der Waals surface area contributed by atoms with E-state index in [9.17, 15) is 4.79 Å². The van der Waals surface area contributed by atoms with Crippen LogP contribution in [-0.4, -0.2) is 22.5 Å². The van der Waals surface area contributed by atoms with E-state index in [4.69, 9.17) is 5.11 Å². The highest BCUT2D eigenvalue weighted by Crippen LogP contribution is 2.32. The van der Waals surface area contributed by atoms with Crippen molar-refractivity contribution in [3.8, 4) is 0 Å². The summed E-state index contributed by atoms with van der Waals surface area (Å²) in [5.41, 5.74) is 0. The van der Waals surface area contributed by atoms with E-state index in [1.54, 1.807) is 11.3 Å². The van der Waals surface area contributed by atoms with Crippen molar-refractivity contribution < 1.29 is 9.90 Å². The van der Waals surface area contributed by atoms with Gasteiger partial charge in [-0.25, -0.2) is 4.98 Å². The van der Waals surface area contributed by atoms with Gasteiger partial charge in [-0.1, -0.05) is 12.8 Å². The second kappa shape index (κ2) is 7.15. The molecular weight excluding hydrogens is 258 g/mol. The van der Waals surface area contributed by atoms with Crippen molar-refractivity contribution in [2.45, 2.75) is 51.9 Å². The summed E-state index contributed by atoms with van der Waals surface area (Å²) in [4.78, 5) is 17.3. The Labute approximate surface area is 119 Å². The van der Waals surface area contributed by atoms with Crippen LogP contribution in [0.25, 0.3) is 0 Å². The Balaban J connectivity index is 1.71. The number of hydrogen-bond donors (Lipinski definition) is 1. The quantitative estimate of drug-likeness (QED) is 0.871. The maximum absolute atomic E-state index is 12.0. The zero-order chi connectivity index (χ0) is 13.7. The number of Topliss-reactive ketones (excluding diaryl/α,β-unsaturated/α-hetero) is 1. The largest absolute Gasteiger partial charge is 0.396 e. The summed E-state index contributed by atoms with van der Waals surface area (Å²) in [6, 6.07) is 0. The number of thiazole rings is 1. The Morgan fingerprint density at radius 2 is 2.05 bits per heavy atom. The number of aryl methyl sites for hydroxylation is 1. The molecule has 1 saturated carbocycles. The Bertz CT molecular complexity index is 408. The minimum Gasteiger partial charge on any atom is -0.396 e. The number of carbonyl (C=O) groups is 1. The fourth-order valence-corrected chi connectivity index (χ4v) is 3.81. The molecule has 0 saturated heterocycles. The van der Waals surface area contributed by atoms with Crippen LogP contribution in [0.15, 0.2) is 6.20 Å². The van der Waals surface area contributed by atoms with E-state index in [-0.39, 0.29) is 0 Å². The van der Waals surface area contributed by atoms with Gasteiger partial charge in [-0.15, -0.1) is 11.3 Å². The van der Waals surface area contributed by atoms with Crippen molar-refractivity contribution in [1.29, 1.82) is 0 Å². The van der Waals surface area contributed by atoms with Crippen LogP contribution in [0.4, 0.5) is 0 Å². The summed E-state index contributed by atoms with van der Waals surface area (Å²) in [5.74, 6) is 1.60. The SMILES string of the molecule is Cc1ncc(CC(=O)CC2CCC(CCO)CC2)s1. The third kappa shape index (κ3) is 4.69. The van der Waals surface area contributed by atoms with Gasteiger partial charge in [0, 0.05) is 30.5 Å². The second-order valence-electron chi connectivity index (χ2n) is 5.66. The van der Waals surface area contributed by atoms with Crippen LogP contribution in [-0.2, 0) is 11.2 Å². The van der Waals surface area contributed by atoms with Gasteiger partial charge < -0.3 is 5.11 Å². The normalized spacial score (nSPS) is 23.5. The Morgan fingerprint density at radius 3 is 2.63 bits per heavy atom. The average Bonchev–Trinajstić information content (AvgIpc) is 2.77. The van der Waals surface area contributed by atoms with Crippen molar-refractivity contribution in [2.24, 2.45) is 11.8 Å². The molecule has 3 nitrogen and oxygen atoms in total. The van der Waals surface area contributed by atoms with E-state index in [0.717, 1.165) is 35.6 Å². The fourth-order valence-electron chi connectivity index (χ4n) is 2.98. The minimum absolute atomic E-state index is 0.305. The van der Waals surface area contributed by atoms with Crippen LogP contribution in [0.1, 0.15) is 48.4 Å². The number of rotatable bonds is 6. The summed E-state index contributed by atoms with van der Waals surface area (Å²) in [5, 5.41) is 9.97. The van der Waals surface area contributed by atoms with Crippen molar-refractivity contribution in [1.82, 2.24) is 4.98 Å². The molecule has 0 amide bonds. The number of ketones is 1. The van der Waals surface area contributed by atoms with Crippen LogP contribution >= 0.6 is 11.3 Å². The molecule has 1 aliphatic carbocycles. The van der Waals surface area contributed by atoms with Crippen LogP contribution in [0.3, 0.4) is 0 Å². The number of carbonyl (C=O) groups excluding carboxylic acids is 1. The highest BCUT2D eigenvalue weighted by molar-refractivity contribution is 7.11. The third-order valence-electron chi connectivity index (χ3n) is 4.06. The van der Waals surface area contributed by atoms with Crippen molar-refractivity contribution in [3.05, 3.63) is 16.1 Å². The number of nitrogens with zero attached hydrogens (tertiary/aromatic N) is 1. The molecule has 106 valence electrons. The van der Waals surface area contributed by atoms with Crippen LogP contribution in [0.2, 0.25) is 0 Å². The number of hydrogen-bond acceptors (Lipinski definition) is 4. The average molecular weight is 281 g/mol. The molecule has 4 heteroatoms. The third-order valence-corrected chi connectivity index (χ3v) is 4.97. The molecule has 0 spiro atoms. The molecule has 0 aliphatic heterocycles. The summed E-state index contributed by atoms with van der Waals surface area (Å²) in [7, 11) is 0. The van der Waals surface area contributed by atoms with E-state index in [2.05, 4.69) is 4.98 Å². The van der Waals surface area contributed by atoms with E-state index in [0.29, 0.717) is 30.6 Å². The van der Waals surface area contributed by atoms with Gasteiger partial charge >= 0.3 is 0 Å². The Kier molecular flexibility index (Phi) is 5.52. The first kappa shape index (κ1) is 14.7. The molecule has 1 N–H and O–H groups in total. The zero-order valence-electron chi connectivity index (χ0n) is 11.6. The molecule has 2 rings (SSSR count). The molecule has 0 bridgehead atoms. The predicted molar refractivity (Wildman–Crippen MR) is 77.3 cm³/mol. The molecular formula is C15H23NO2S. The molecule has 1 fully saturated rings. The first-order valence-corrected chi connectivity index (χ1v) is 8.03. The van der Waals surface area contributed by atoms with Gasteiger partial charge in [0.25, 0.3) is 0 Å². The second-order valence-corrected chi connectivity index (χ2v) is 6.98. The molecule has 1 heterocycles. The molecule has 0 unspecified atom stereocenters. The molecule has 19 heavy (non-hydrogen) atoms. The molecule has 0 aromatic carbocycles. The molecule has 1 aromatic rings. The van der Waals surface area contributed by atoms with Gasteiger partial charge in [-0.05, 0) is 38.0 Å². The van der Waals surface area contributed by atoms with Crippen LogP contribution in [0.5, 0.6) is 0 Å². The summed E-state index contributed by atoms with van der Waals surface area (Å²) in [6.07, 6.45) is 8.70. The Hall–Kier alpha value is -0.740. The first-order valence-electron chi connectivity index (χ1n) is 7.21. The number of aliphatic hydroxyl groups excluding tert-OH is 1. The van der Waals surface area contributed by atoms with E-state index in [1.807, 2.05) is 13.1 Å².